The first kappa shape index (κ1) is 15.9. The lowest BCUT2D eigenvalue weighted by Gasteiger charge is -2.35. The second-order valence-electron chi connectivity index (χ2n) is 6.56. The molecule has 0 amide bonds. The molecule has 0 aliphatic carbocycles. The van der Waals surface area contributed by atoms with Crippen molar-refractivity contribution in [2.75, 3.05) is 11.4 Å². The van der Waals surface area contributed by atoms with Crippen molar-refractivity contribution in [1.29, 1.82) is 0 Å². The SMILES string of the molecule is CC(C)Cc1ncnc(N2CCC[C@H]2C(C)(C)O)c1I. The summed E-state index contributed by atoms with van der Waals surface area (Å²) in [4.78, 5) is 11.2. The molecular formula is C15H24IN3O. The number of anilines is 1. The van der Waals surface area contributed by atoms with Crippen molar-refractivity contribution in [2.45, 2.75) is 58.6 Å². The molecule has 0 radical (unpaired) electrons. The normalized spacial score (nSPS) is 19.9. The lowest BCUT2D eigenvalue weighted by Crippen LogP contribution is -2.46. The smallest absolute Gasteiger partial charge is 0.146 e. The molecule has 5 heteroatoms. The minimum absolute atomic E-state index is 0.137. The number of rotatable bonds is 4. The van der Waals surface area contributed by atoms with Crippen molar-refractivity contribution in [2.24, 2.45) is 5.92 Å². The van der Waals surface area contributed by atoms with Gasteiger partial charge in [0.1, 0.15) is 12.1 Å². The van der Waals surface area contributed by atoms with Crippen LogP contribution in [0.25, 0.3) is 0 Å². The average molecular weight is 389 g/mol. The highest BCUT2D eigenvalue weighted by molar-refractivity contribution is 14.1. The Balaban J connectivity index is 2.33. The van der Waals surface area contributed by atoms with Crippen LogP contribution in [-0.4, -0.2) is 33.3 Å². The van der Waals surface area contributed by atoms with Crippen molar-refractivity contribution in [3.63, 3.8) is 0 Å². The number of hydrogen-bond acceptors (Lipinski definition) is 4. The van der Waals surface area contributed by atoms with Crippen LogP contribution >= 0.6 is 22.6 Å². The summed E-state index contributed by atoms with van der Waals surface area (Å²) in [5.74, 6) is 1.57. The highest BCUT2D eigenvalue weighted by atomic mass is 127. The number of nitrogens with zero attached hydrogens (tertiary/aromatic N) is 3. The van der Waals surface area contributed by atoms with Crippen LogP contribution in [-0.2, 0) is 6.42 Å². The summed E-state index contributed by atoms with van der Waals surface area (Å²) < 4.78 is 1.13. The molecule has 0 aromatic carbocycles. The van der Waals surface area contributed by atoms with E-state index in [1.807, 2.05) is 13.8 Å². The number of halogens is 1. The van der Waals surface area contributed by atoms with E-state index in [0.29, 0.717) is 5.92 Å². The third-order valence-electron chi connectivity index (χ3n) is 3.79. The van der Waals surface area contributed by atoms with Gasteiger partial charge in [0.25, 0.3) is 0 Å². The van der Waals surface area contributed by atoms with Gasteiger partial charge in [0.2, 0.25) is 0 Å². The fraction of sp³-hybridized carbons (Fsp3) is 0.733. The molecule has 1 saturated heterocycles. The van der Waals surface area contributed by atoms with Gasteiger partial charge in [0.15, 0.2) is 0 Å². The minimum Gasteiger partial charge on any atom is -0.388 e. The molecule has 4 nitrogen and oxygen atoms in total. The summed E-state index contributed by atoms with van der Waals surface area (Å²) in [6.07, 6.45) is 4.75. The third kappa shape index (κ3) is 3.42. The number of hydrogen-bond donors (Lipinski definition) is 1. The molecular weight excluding hydrogens is 365 g/mol. The van der Waals surface area contributed by atoms with Crippen LogP contribution in [0, 0.1) is 9.49 Å². The molecule has 1 atom stereocenters. The number of aliphatic hydroxyl groups is 1. The van der Waals surface area contributed by atoms with E-state index in [1.54, 1.807) is 6.33 Å². The van der Waals surface area contributed by atoms with Gasteiger partial charge in [-0.1, -0.05) is 13.8 Å². The summed E-state index contributed by atoms with van der Waals surface area (Å²) in [7, 11) is 0. The Kier molecular flexibility index (Phi) is 4.89. The van der Waals surface area contributed by atoms with Crippen molar-refractivity contribution in [3.05, 3.63) is 15.6 Å². The Morgan fingerprint density at radius 3 is 2.75 bits per heavy atom. The molecule has 1 fully saturated rings. The molecule has 2 rings (SSSR count). The van der Waals surface area contributed by atoms with Crippen molar-refractivity contribution < 1.29 is 5.11 Å². The van der Waals surface area contributed by atoms with Gasteiger partial charge in [-0.15, -0.1) is 0 Å². The van der Waals surface area contributed by atoms with E-state index in [2.05, 4.69) is 51.3 Å². The molecule has 1 aliphatic heterocycles. The zero-order valence-electron chi connectivity index (χ0n) is 12.7. The topological polar surface area (TPSA) is 49.2 Å². The van der Waals surface area contributed by atoms with Crippen LogP contribution < -0.4 is 4.90 Å². The predicted molar refractivity (Wildman–Crippen MR) is 90.0 cm³/mol. The molecule has 0 bridgehead atoms. The summed E-state index contributed by atoms with van der Waals surface area (Å²) in [6, 6.07) is 0.137. The minimum atomic E-state index is -0.706. The molecule has 1 aromatic rings. The lowest BCUT2D eigenvalue weighted by atomic mass is 9.96. The monoisotopic (exact) mass is 389 g/mol. The average Bonchev–Trinajstić information content (AvgIpc) is 2.80. The fourth-order valence-corrected chi connectivity index (χ4v) is 3.69. The standard InChI is InChI=1S/C15H24IN3O/c1-10(2)8-11-13(16)14(18-9-17-11)19-7-5-6-12(19)15(3,4)20/h9-10,12,20H,5-8H2,1-4H3/t12-/m0/s1. The van der Waals surface area contributed by atoms with Crippen LogP contribution in [0.2, 0.25) is 0 Å². The van der Waals surface area contributed by atoms with E-state index in [9.17, 15) is 5.11 Å². The zero-order valence-corrected chi connectivity index (χ0v) is 14.9. The van der Waals surface area contributed by atoms with Crippen molar-refractivity contribution >= 4 is 28.4 Å². The zero-order chi connectivity index (χ0) is 14.9. The Morgan fingerprint density at radius 2 is 2.15 bits per heavy atom. The van der Waals surface area contributed by atoms with Gasteiger partial charge in [0, 0.05) is 6.54 Å². The predicted octanol–water partition coefficient (Wildman–Crippen LogP) is 3.02. The molecule has 0 unspecified atom stereocenters. The molecule has 0 saturated carbocycles. The first-order valence-electron chi connectivity index (χ1n) is 7.29. The molecule has 1 N–H and O–H groups in total. The highest BCUT2D eigenvalue weighted by Gasteiger charge is 2.37. The molecule has 1 aliphatic rings. The van der Waals surface area contributed by atoms with E-state index >= 15 is 0 Å². The van der Waals surface area contributed by atoms with E-state index in [1.165, 1.54) is 0 Å². The van der Waals surface area contributed by atoms with Crippen LogP contribution in [0.4, 0.5) is 5.82 Å². The fourth-order valence-electron chi connectivity index (χ4n) is 2.88. The van der Waals surface area contributed by atoms with Gasteiger partial charge < -0.3 is 10.0 Å². The van der Waals surface area contributed by atoms with Crippen LogP contribution in [0.3, 0.4) is 0 Å². The molecule has 20 heavy (non-hydrogen) atoms. The van der Waals surface area contributed by atoms with Crippen molar-refractivity contribution in [1.82, 2.24) is 9.97 Å². The molecule has 0 spiro atoms. The lowest BCUT2D eigenvalue weighted by molar-refractivity contribution is 0.0532. The van der Waals surface area contributed by atoms with Gasteiger partial charge in [-0.05, 0) is 61.6 Å². The summed E-state index contributed by atoms with van der Waals surface area (Å²) >= 11 is 2.35. The summed E-state index contributed by atoms with van der Waals surface area (Å²) in [5, 5.41) is 10.4. The second kappa shape index (κ2) is 6.13. The largest absolute Gasteiger partial charge is 0.388 e. The second-order valence-corrected chi connectivity index (χ2v) is 7.64. The maximum atomic E-state index is 10.4. The quantitative estimate of drug-likeness (QED) is 0.805. The van der Waals surface area contributed by atoms with Crippen LogP contribution in [0.15, 0.2) is 6.33 Å². The van der Waals surface area contributed by atoms with E-state index in [0.717, 1.165) is 40.9 Å². The number of aromatic nitrogens is 2. The first-order chi connectivity index (χ1) is 9.30. The third-order valence-corrected chi connectivity index (χ3v) is 4.89. The van der Waals surface area contributed by atoms with Gasteiger partial charge in [0.05, 0.1) is 20.9 Å². The maximum Gasteiger partial charge on any atom is 0.146 e. The van der Waals surface area contributed by atoms with Crippen LogP contribution in [0.1, 0.15) is 46.2 Å². The van der Waals surface area contributed by atoms with Crippen molar-refractivity contribution in [3.8, 4) is 0 Å². The highest BCUT2D eigenvalue weighted by Crippen LogP contribution is 2.33. The van der Waals surface area contributed by atoms with Gasteiger partial charge in [-0.2, -0.15) is 0 Å². The Morgan fingerprint density at radius 1 is 1.45 bits per heavy atom. The Bertz CT molecular complexity index is 471. The molecule has 2 heterocycles. The van der Waals surface area contributed by atoms with E-state index in [4.69, 9.17) is 0 Å². The van der Waals surface area contributed by atoms with Gasteiger partial charge in [-0.3, -0.25) is 0 Å². The van der Waals surface area contributed by atoms with Gasteiger partial charge in [-0.25, -0.2) is 9.97 Å². The van der Waals surface area contributed by atoms with E-state index in [-0.39, 0.29) is 6.04 Å². The maximum absolute atomic E-state index is 10.4. The van der Waals surface area contributed by atoms with Crippen LogP contribution in [0.5, 0.6) is 0 Å². The van der Waals surface area contributed by atoms with Gasteiger partial charge >= 0.3 is 0 Å². The Hall–Kier alpha value is -0.430. The molecule has 1 aromatic heterocycles. The molecule has 112 valence electrons. The first-order valence-corrected chi connectivity index (χ1v) is 8.37. The summed E-state index contributed by atoms with van der Waals surface area (Å²) in [6.45, 7) is 9.14. The Labute approximate surface area is 135 Å². The van der Waals surface area contributed by atoms with E-state index < -0.39 is 5.60 Å². The summed E-state index contributed by atoms with van der Waals surface area (Å²) in [5.41, 5.74) is 0.412.